The third-order valence-electron chi connectivity index (χ3n) is 3.84. The first-order valence-electron chi connectivity index (χ1n) is 7.27. The topological polar surface area (TPSA) is 13.1 Å². The number of halogens is 2. The summed E-state index contributed by atoms with van der Waals surface area (Å²) in [5, 5.41) is 2.19. The van der Waals surface area contributed by atoms with Crippen molar-refractivity contribution >= 4 is 42.6 Å². The van der Waals surface area contributed by atoms with Crippen LogP contribution in [0.4, 0.5) is 0 Å². The Labute approximate surface area is 151 Å². The van der Waals surface area contributed by atoms with Crippen LogP contribution in [0.2, 0.25) is 0 Å². The van der Waals surface area contributed by atoms with Crippen molar-refractivity contribution in [2.45, 2.75) is 0 Å². The van der Waals surface area contributed by atoms with Gasteiger partial charge in [0.15, 0.2) is 0 Å². The van der Waals surface area contributed by atoms with Gasteiger partial charge in [0.25, 0.3) is 0 Å². The van der Waals surface area contributed by atoms with Crippen molar-refractivity contribution < 1.29 is 4.42 Å². The van der Waals surface area contributed by atoms with Crippen molar-refractivity contribution in [2.24, 2.45) is 0 Å². The van der Waals surface area contributed by atoms with E-state index in [4.69, 9.17) is 4.42 Å². The minimum atomic E-state index is 0.882. The highest BCUT2D eigenvalue weighted by Crippen LogP contribution is 2.44. The molecule has 0 aliphatic heterocycles. The molecule has 0 N–H and O–H groups in total. The fraction of sp³-hybridized carbons (Fsp3) is 0. The van der Waals surface area contributed by atoms with Gasteiger partial charge in [0.05, 0.1) is 0 Å². The molecule has 0 saturated carbocycles. The zero-order valence-electron chi connectivity index (χ0n) is 12.1. The van der Waals surface area contributed by atoms with E-state index >= 15 is 0 Å². The van der Waals surface area contributed by atoms with Crippen molar-refractivity contribution in [2.75, 3.05) is 0 Å². The van der Waals surface area contributed by atoms with Gasteiger partial charge in [-0.1, -0.05) is 60.7 Å². The first-order chi connectivity index (χ1) is 11.3. The largest absolute Gasteiger partial charge is 0.455 e. The van der Waals surface area contributed by atoms with Gasteiger partial charge in [-0.2, -0.15) is 0 Å². The highest BCUT2D eigenvalue weighted by molar-refractivity contribution is 9.13. The van der Waals surface area contributed by atoms with Gasteiger partial charge in [-0.3, -0.25) is 0 Å². The number of benzene rings is 3. The monoisotopic (exact) mass is 426 g/mol. The summed E-state index contributed by atoms with van der Waals surface area (Å²) in [6, 6.07) is 24.6. The summed E-state index contributed by atoms with van der Waals surface area (Å²) in [4.78, 5) is 0. The fourth-order valence-electron chi connectivity index (χ4n) is 2.77. The van der Waals surface area contributed by atoms with Crippen LogP contribution in [0.5, 0.6) is 0 Å². The third-order valence-corrected chi connectivity index (χ3v) is 5.86. The third kappa shape index (κ3) is 2.54. The van der Waals surface area contributed by atoms with Crippen molar-refractivity contribution in [1.29, 1.82) is 0 Å². The Balaban J connectivity index is 2.09. The van der Waals surface area contributed by atoms with E-state index in [-0.39, 0.29) is 0 Å². The maximum atomic E-state index is 6.32. The molecule has 1 heterocycles. The highest BCUT2D eigenvalue weighted by atomic mass is 79.9. The number of fused-ring (bicyclic) bond motifs is 1. The SMILES string of the molecule is Brc1ccc2c(-c3ccccc3)oc(-c3ccccc3)c2c1Br. The molecule has 3 heteroatoms. The summed E-state index contributed by atoms with van der Waals surface area (Å²) < 4.78 is 8.35. The molecule has 0 aliphatic carbocycles. The van der Waals surface area contributed by atoms with Gasteiger partial charge in [0, 0.05) is 30.8 Å². The second-order valence-electron chi connectivity index (χ2n) is 5.28. The van der Waals surface area contributed by atoms with Gasteiger partial charge in [-0.15, -0.1) is 0 Å². The van der Waals surface area contributed by atoms with Crippen molar-refractivity contribution in [1.82, 2.24) is 0 Å². The Bertz CT molecular complexity index is 973. The van der Waals surface area contributed by atoms with E-state index in [0.29, 0.717) is 0 Å². The van der Waals surface area contributed by atoms with E-state index in [1.165, 1.54) is 0 Å². The standard InChI is InChI=1S/C20H12Br2O/c21-16-12-11-15-17(18(16)22)20(14-9-5-2-6-10-14)23-19(15)13-7-3-1-4-8-13/h1-12H. The summed E-state index contributed by atoms with van der Waals surface area (Å²) in [6.07, 6.45) is 0. The van der Waals surface area contributed by atoms with E-state index in [2.05, 4.69) is 62.2 Å². The molecule has 0 atom stereocenters. The van der Waals surface area contributed by atoms with Crippen LogP contribution in [-0.2, 0) is 0 Å². The van der Waals surface area contributed by atoms with Crippen molar-refractivity contribution in [3.05, 3.63) is 81.7 Å². The summed E-state index contributed by atoms with van der Waals surface area (Å²) in [6.45, 7) is 0. The number of furan rings is 1. The zero-order valence-corrected chi connectivity index (χ0v) is 15.3. The molecule has 4 aromatic rings. The summed E-state index contributed by atoms with van der Waals surface area (Å²) in [5.74, 6) is 1.78. The highest BCUT2D eigenvalue weighted by Gasteiger charge is 2.19. The molecular formula is C20H12Br2O. The van der Waals surface area contributed by atoms with Crippen molar-refractivity contribution in [3.8, 4) is 22.6 Å². The van der Waals surface area contributed by atoms with Crippen LogP contribution in [0, 0.1) is 0 Å². The molecule has 112 valence electrons. The molecular weight excluding hydrogens is 416 g/mol. The average Bonchev–Trinajstić information content (AvgIpc) is 3.00. The molecule has 0 fully saturated rings. The van der Waals surface area contributed by atoms with Crippen LogP contribution in [0.1, 0.15) is 0 Å². The Morgan fingerprint density at radius 1 is 0.609 bits per heavy atom. The van der Waals surface area contributed by atoms with Crippen LogP contribution in [-0.4, -0.2) is 0 Å². The molecule has 1 aromatic heterocycles. The van der Waals surface area contributed by atoms with Gasteiger partial charge in [0.1, 0.15) is 11.5 Å². The number of rotatable bonds is 2. The van der Waals surface area contributed by atoms with E-state index in [0.717, 1.165) is 42.4 Å². The van der Waals surface area contributed by atoms with Gasteiger partial charge >= 0.3 is 0 Å². The second-order valence-corrected chi connectivity index (χ2v) is 6.92. The smallest absolute Gasteiger partial charge is 0.143 e. The van der Waals surface area contributed by atoms with E-state index in [1.54, 1.807) is 0 Å². The summed E-state index contributed by atoms with van der Waals surface area (Å²) >= 11 is 7.31. The second kappa shape index (κ2) is 5.99. The molecule has 0 unspecified atom stereocenters. The molecule has 0 spiro atoms. The predicted molar refractivity (Wildman–Crippen MR) is 102 cm³/mol. The van der Waals surface area contributed by atoms with Gasteiger partial charge in [-0.25, -0.2) is 0 Å². The lowest BCUT2D eigenvalue weighted by atomic mass is 10.0. The van der Waals surface area contributed by atoms with Gasteiger partial charge in [0.2, 0.25) is 0 Å². The van der Waals surface area contributed by atoms with Crippen LogP contribution < -0.4 is 0 Å². The van der Waals surface area contributed by atoms with E-state index in [1.807, 2.05) is 42.5 Å². The number of hydrogen-bond acceptors (Lipinski definition) is 1. The summed E-state index contributed by atoms with van der Waals surface area (Å²) in [7, 11) is 0. The Morgan fingerprint density at radius 2 is 1.17 bits per heavy atom. The molecule has 0 radical (unpaired) electrons. The molecule has 1 nitrogen and oxygen atoms in total. The maximum absolute atomic E-state index is 6.32. The van der Waals surface area contributed by atoms with Crippen LogP contribution in [0.25, 0.3) is 33.4 Å². The minimum Gasteiger partial charge on any atom is -0.455 e. The quantitative estimate of drug-likeness (QED) is 0.327. The molecule has 0 amide bonds. The van der Waals surface area contributed by atoms with E-state index < -0.39 is 0 Å². The lowest BCUT2D eigenvalue weighted by Gasteiger charge is -2.01. The molecule has 0 aliphatic rings. The molecule has 0 bridgehead atoms. The molecule has 23 heavy (non-hydrogen) atoms. The Hall–Kier alpha value is -1.84. The zero-order chi connectivity index (χ0) is 15.8. The Morgan fingerprint density at radius 3 is 1.78 bits per heavy atom. The Kier molecular flexibility index (Phi) is 3.83. The van der Waals surface area contributed by atoms with Gasteiger partial charge in [-0.05, 0) is 44.0 Å². The van der Waals surface area contributed by atoms with Crippen molar-refractivity contribution in [3.63, 3.8) is 0 Å². The molecule has 4 rings (SSSR count). The average molecular weight is 428 g/mol. The fourth-order valence-corrected chi connectivity index (χ4v) is 3.62. The van der Waals surface area contributed by atoms with Crippen LogP contribution >= 0.6 is 31.9 Å². The first kappa shape index (κ1) is 14.7. The maximum Gasteiger partial charge on any atom is 0.143 e. The van der Waals surface area contributed by atoms with Crippen LogP contribution in [0.15, 0.2) is 86.2 Å². The molecule has 3 aromatic carbocycles. The molecule has 0 saturated heterocycles. The lowest BCUT2D eigenvalue weighted by molar-refractivity contribution is 0.602. The predicted octanol–water partition coefficient (Wildman–Crippen LogP) is 7.29. The lowest BCUT2D eigenvalue weighted by Crippen LogP contribution is -1.77. The number of hydrogen-bond donors (Lipinski definition) is 0. The van der Waals surface area contributed by atoms with Crippen LogP contribution in [0.3, 0.4) is 0 Å². The van der Waals surface area contributed by atoms with E-state index in [9.17, 15) is 0 Å². The minimum absolute atomic E-state index is 0.882. The first-order valence-corrected chi connectivity index (χ1v) is 8.85. The summed E-state index contributed by atoms with van der Waals surface area (Å²) in [5.41, 5.74) is 2.15. The van der Waals surface area contributed by atoms with Gasteiger partial charge < -0.3 is 4.42 Å². The normalized spacial score (nSPS) is 11.0.